The molecule has 0 aromatic carbocycles. The zero-order chi connectivity index (χ0) is 12.7. The number of carbonyl (C=O) groups is 1. The van der Waals surface area contributed by atoms with Gasteiger partial charge in [0, 0.05) is 18.2 Å². The molecule has 0 spiro atoms. The van der Waals surface area contributed by atoms with Crippen molar-refractivity contribution < 1.29 is 4.79 Å². The lowest BCUT2D eigenvalue weighted by Gasteiger charge is -2.39. The van der Waals surface area contributed by atoms with Gasteiger partial charge in [0.2, 0.25) is 5.91 Å². The van der Waals surface area contributed by atoms with E-state index in [1.165, 1.54) is 32.1 Å². The van der Waals surface area contributed by atoms with E-state index in [4.69, 9.17) is 0 Å². The molecule has 2 heteroatoms. The van der Waals surface area contributed by atoms with Crippen LogP contribution in [0.2, 0.25) is 0 Å². The summed E-state index contributed by atoms with van der Waals surface area (Å²) in [4.78, 5) is 13.9. The molecule has 1 heterocycles. The van der Waals surface area contributed by atoms with Crippen LogP contribution >= 0.6 is 0 Å². The smallest absolute Gasteiger partial charge is 0.247 e. The molecule has 17 heavy (non-hydrogen) atoms. The Morgan fingerprint density at radius 2 is 1.82 bits per heavy atom. The molecule has 1 atom stereocenters. The van der Waals surface area contributed by atoms with Gasteiger partial charge in [-0.2, -0.15) is 0 Å². The molecule has 2 nitrogen and oxygen atoms in total. The number of carbonyl (C=O) groups excluding carboxylic acids is 1. The van der Waals surface area contributed by atoms with Crippen molar-refractivity contribution in [2.75, 3.05) is 6.54 Å². The van der Waals surface area contributed by atoms with Gasteiger partial charge in [0.05, 0.1) is 0 Å². The van der Waals surface area contributed by atoms with E-state index in [1.54, 1.807) is 6.08 Å². The summed E-state index contributed by atoms with van der Waals surface area (Å²) in [5.74, 6) is 0.208. The van der Waals surface area contributed by atoms with E-state index >= 15 is 0 Å². The zero-order valence-electron chi connectivity index (χ0n) is 11.7. The Kier molecular flexibility index (Phi) is 5.73. The quantitative estimate of drug-likeness (QED) is 0.586. The van der Waals surface area contributed by atoms with E-state index in [1.807, 2.05) is 6.08 Å². The molecule has 1 unspecified atom stereocenters. The molecule has 0 saturated heterocycles. The predicted molar refractivity (Wildman–Crippen MR) is 72.9 cm³/mol. The lowest BCUT2D eigenvalue weighted by Crippen LogP contribution is -2.47. The first-order chi connectivity index (χ1) is 8.14. The Bertz CT molecular complexity index is 272. The normalized spacial score (nSPS) is 18.8. The fraction of sp³-hybridized carbons (Fsp3) is 0.800. The molecule has 0 saturated carbocycles. The maximum atomic E-state index is 11.9. The average Bonchev–Trinajstić information content (AvgIpc) is 2.74. The van der Waals surface area contributed by atoms with Crippen LogP contribution in [0.1, 0.15) is 65.7 Å². The highest BCUT2D eigenvalue weighted by Crippen LogP contribution is 2.30. The standard InChI is InChI=1S/C15H27NO/c1-4-6-8-12-15(3,11-7-5-2)16-13-9-10-14(16)17/h9-10H,4-8,11-13H2,1-3H3. The molecule has 0 bridgehead atoms. The Balaban J connectivity index is 2.60. The number of hydrogen-bond acceptors (Lipinski definition) is 1. The molecule has 1 rings (SSSR count). The number of amides is 1. The first-order valence-electron chi connectivity index (χ1n) is 7.12. The molecule has 0 radical (unpaired) electrons. The van der Waals surface area contributed by atoms with Gasteiger partial charge in [-0.3, -0.25) is 4.79 Å². The molecule has 1 aliphatic heterocycles. The highest BCUT2D eigenvalue weighted by molar-refractivity contribution is 5.90. The summed E-state index contributed by atoms with van der Waals surface area (Å²) in [6.07, 6.45) is 12.2. The second-order valence-corrected chi connectivity index (χ2v) is 5.41. The van der Waals surface area contributed by atoms with Gasteiger partial charge in [-0.1, -0.05) is 52.0 Å². The van der Waals surface area contributed by atoms with Crippen LogP contribution in [-0.2, 0) is 4.79 Å². The molecule has 0 aromatic rings. The van der Waals surface area contributed by atoms with Crippen LogP contribution in [0.25, 0.3) is 0 Å². The summed E-state index contributed by atoms with van der Waals surface area (Å²) in [7, 11) is 0. The number of rotatable bonds is 8. The van der Waals surface area contributed by atoms with E-state index in [9.17, 15) is 4.79 Å². The van der Waals surface area contributed by atoms with Crippen LogP contribution in [0.3, 0.4) is 0 Å². The molecule has 0 fully saturated rings. The highest BCUT2D eigenvalue weighted by Gasteiger charge is 2.34. The topological polar surface area (TPSA) is 20.3 Å². The number of unbranched alkanes of at least 4 members (excludes halogenated alkanes) is 3. The maximum absolute atomic E-state index is 11.9. The van der Waals surface area contributed by atoms with Gasteiger partial charge < -0.3 is 4.90 Å². The third-order valence-corrected chi connectivity index (χ3v) is 3.85. The summed E-state index contributed by atoms with van der Waals surface area (Å²) in [6.45, 7) is 7.52. The van der Waals surface area contributed by atoms with Crippen LogP contribution in [0.5, 0.6) is 0 Å². The third kappa shape index (κ3) is 3.86. The van der Waals surface area contributed by atoms with Crippen molar-refractivity contribution in [3.63, 3.8) is 0 Å². The molecular weight excluding hydrogens is 210 g/mol. The SMILES string of the molecule is CCCCCC(C)(CCCC)N1CC=CC1=O. The molecule has 1 amide bonds. The van der Waals surface area contributed by atoms with E-state index in [-0.39, 0.29) is 11.4 Å². The fourth-order valence-corrected chi connectivity index (χ4v) is 2.63. The fourth-order valence-electron chi connectivity index (χ4n) is 2.63. The lowest BCUT2D eigenvalue weighted by atomic mass is 9.87. The van der Waals surface area contributed by atoms with Gasteiger partial charge >= 0.3 is 0 Å². The Hall–Kier alpha value is -0.790. The van der Waals surface area contributed by atoms with Gasteiger partial charge in [-0.05, 0) is 19.8 Å². The van der Waals surface area contributed by atoms with Crippen LogP contribution < -0.4 is 0 Å². The van der Waals surface area contributed by atoms with Crippen molar-refractivity contribution in [3.05, 3.63) is 12.2 Å². The minimum atomic E-state index is 0.0752. The van der Waals surface area contributed by atoms with Crippen molar-refractivity contribution in [2.24, 2.45) is 0 Å². The van der Waals surface area contributed by atoms with Gasteiger partial charge in [0.1, 0.15) is 0 Å². The highest BCUT2D eigenvalue weighted by atomic mass is 16.2. The predicted octanol–water partition coefficient (Wildman–Crippen LogP) is 3.91. The van der Waals surface area contributed by atoms with Crippen molar-refractivity contribution in [1.29, 1.82) is 0 Å². The Labute approximate surface area is 106 Å². The van der Waals surface area contributed by atoms with Crippen molar-refractivity contribution in [2.45, 2.75) is 71.3 Å². The zero-order valence-corrected chi connectivity index (χ0v) is 11.7. The molecule has 98 valence electrons. The second-order valence-electron chi connectivity index (χ2n) is 5.41. The molecular formula is C15H27NO. The molecule has 1 aliphatic rings. The van der Waals surface area contributed by atoms with Gasteiger partial charge in [0.15, 0.2) is 0 Å². The van der Waals surface area contributed by atoms with Crippen molar-refractivity contribution in [3.8, 4) is 0 Å². The van der Waals surface area contributed by atoms with E-state index in [0.29, 0.717) is 0 Å². The van der Waals surface area contributed by atoms with Crippen LogP contribution in [0.4, 0.5) is 0 Å². The molecule has 0 aliphatic carbocycles. The summed E-state index contributed by atoms with van der Waals surface area (Å²) in [6, 6.07) is 0. The maximum Gasteiger partial charge on any atom is 0.247 e. The Morgan fingerprint density at radius 3 is 2.35 bits per heavy atom. The van der Waals surface area contributed by atoms with Gasteiger partial charge in [0.25, 0.3) is 0 Å². The minimum absolute atomic E-state index is 0.0752. The summed E-state index contributed by atoms with van der Waals surface area (Å²) in [5.41, 5.74) is 0.0752. The number of hydrogen-bond donors (Lipinski definition) is 0. The van der Waals surface area contributed by atoms with Gasteiger partial charge in [-0.25, -0.2) is 0 Å². The summed E-state index contributed by atoms with van der Waals surface area (Å²) >= 11 is 0. The minimum Gasteiger partial charge on any atom is -0.330 e. The average molecular weight is 237 g/mol. The summed E-state index contributed by atoms with van der Waals surface area (Å²) in [5, 5.41) is 0. The monoisotopic (exact) mass is 237 g/mol. The number of nitrogens with zero attached hydrogens (tertiary/aromatic N) is 1. The first-order valence-corrected chi connectivity index (χ1v) is 7.12. The van der Waals surface area contributed by atoms with Crippen molar-refractivity contribution in [1.82, 2.24) is 4.90 Å². The van der Waals surface area contributed by atoms with Gasteiger partial charge in [-0.15, -0.1) is 0 Å². The Morgan fingerprint density at radius 1 is 1.18 bits per heavy atom. The lowest BCUT2D eigenvalue weighted by molar-refractivity contribution is -0.130. The third-order valence-electron chi connectivity index (χ3n) is 3.85. The molecule has 0 aromatic heterocycles. The largest absolute Gasteiger partial charge is 0.330 e. The van der Waals surface area contributed by atoms with E-state index < -0.39 is 0 Å². The van der Waals surface area contributed by atoms with Crippen LogP contribution in [0, 0.1) is 0 Å². The summed E-state index contributed by atoms with van der Waals surface area (Å²) < 4.78 is 0. The van der Waals surface area contributed by atoms with Crippen LogP contribution in [-0.4, -0.2) is 22.9 Å². The van der Waals surface area contributed by atoms with E-state index in [2.05, 4.69) is 25.7 Å². The molecule has 0 N–H and O–H groups in total. The van der Waals surface area contributed by atoms with Crippen molar-refractivity contribution >= 4 is 5.91 Å². The first kappa shape index (κ1) is 14.3. The second kappa shape index (κ2) is 6.83. The van der Waals surface area contributed by atoms with E-state index in [0.717, 1.165) is 19.4 Å². The van der Waals surface area contributed by atoms with Crippen LogP contribution in [0.15, 0.2) is 12.2 Å².